The maximum atomic E-state index is 12.3. The van der Waals surface area contributed by atoms with Gasteiger partial charge in [0, 0.05) is 17.9 Å². The van der Waals surface area contributed by atoms with Gasteiger partial charge in [0.1, 0.15) is 24.9 Å². The van der Waals surface area contributed by atoms with Crippen LogP contribution in [0.2, 0.25) is 0 Å². The van der Waals surface area contributed by atoms with Gasteiger partial charge in [-0.15, -0.1) is 0 Å². The molecule has 3 N–H and O–H groups in total. The number of nitro groups is 1. The highest BCUT2D eigenvalue weighted by Gasteiger charge is 2.24. The summed E-state index contributed by atoms with van der Waals surface area (Å²) in [6, 6.07) is 12.2. The van der Waals surface area contributed by atoms with E-state index in [4.69, 9.17) is 14.6 Å². The van der Waals surface area contributed by atoms with Gasteiger partial charge in [-0.05, 0) is 29.5 Å². The molecular weight excluding hydrogens is 458 g/mol. The number of amides is 2. The van der Waals surface area contributed by atoms with Gasteiger partial charge in [0.25, 0.3) is 5.69 Å². The van der Waals surface area contributed by atoms with Crippen LogP contribution in [-0.2, 0) is 20.9 Å². The van der Waals surface area contributed by atoms with Gasteiger partial charge in [-0.1, -0.05) is 30.3 Å². The third-order valence-electron chi connectivity index (χ3n) is 3.85. The third kappa shape index (κ3) is 9.26. The van der Waals surface area contributed by atoms with E-state index in [-0.39, 0.29) is 23.8 Å². The van der Waals surface area contributed by atoms with Crippen LogP contribution >= 0.6 is 11.8 Å². The molecule has 0 fully saturated rings. The summed E-state index contributed by atoms with van der Waals surface area (Å²) in [5.74, 6) is -2.39. The lowest BCUT2D eigenvalue weighted by Crippen LogP contribution is -2.49. The molecule has 0 bridgehead atoms. The SMILES string of the molecule is O=C(O)CNC(=O)[C@H](CSC(=O)Oc1ccc([N+](=O)[O-])cc1)NC(=O)OCc1ccccc1. The number of nitrogens with zero attached hydrogens (tertiary/aromatic N) is 1. The van der Waals surface area contributed by atoms with Crippen LogP contribution < -0.4 is 15.4 Å². The van der Waals surface area contributed by atoms with Crippen LogP contribution in [0.4, 0.5) is 15.3 Å². The minimum absolute atomic E-state index is 0.0419. The summed E-state index contributed by atoms with van der Waals surface area (Å²) in [5.41, 5.74) is 0.524. The number of nitrogens with one attached hydrogen (secondary N) is 2. The molecule has 0 aliphatic carbocycles. The topological polar surface area (TPSA) is 174 Å². The summed E-state index contributed by atoms with van der Waals surface area (Å²) >= 11 is 0.535. The molecule has 0 unspecified atom stereocenters. The smallest absolute Gasteiger partial charge is 0.408 e. The highest BCUT2D eigenvalue weighted by atomic mass is 32.2. The number of nitro benzene ring substituents is 1. The first-order valence-electron chi connectivity index (χ1n) is 9.30. The lowest BCUT2D eigenvalue weighted by molar-refractivity contribution is -0.384. The summed E-state index contributed by atoms with van der Waals surface area (Å²) in [7, 11) is 0. The van der Waals surface area contributed by atoms with Crippen molar-refractivity contribution < 1.29 is 38.7 Å². The van der Waals surface area contributed by atoms with Crippen LogP contribution in [0.3, 0.4) is 0 Å². The lowest BCUT2D eigenvalue weighted by Gasteiger charge is -2.17. The maximum Gasteiger partial charge on any atom is 0.408 e. The Bertz CT molecular complexity index is 1000. The number of alkyl carbamates (subject to hydrolysis) is 1. The van der Waals surface area contributed by atoms with Crippen molar-refractivity contribution in [3.63, 3.8) is 0 Å². The highest BCUT2D eigenvalue weighted by Crippen LogP contribution is 2.19. The lowest BCUT2D eigenvalue weighted by atomic mass is 10.2. The molecule has 33 heavy (non-hydrogen) atoms. The minimum Gasteiger partial charge on any atom is -0.480 e. The van der Waals surface area contributed by atoms with Crippen LogP contribution in [0.5, 0.6) is 5.75 Å². The number of hydrogen-bond acceptors (Lipinski definition) is 9. The summed E-state index contributed by atoms with van der Waals surface area (Å²) < 4.78 is 10.1. The van der Waals surface area contributed by atoms with Crippen LogP contribution in [-0.4, -0.2) is 51.6 Å². The van der Waals surface area contributed by atoms with Gasteiger partial charge >= 0.3 is 17.4 Å². The van der Waals surface area contributed by atoms with Gasteiger partial charge in [-0.3, -0.25) is 19.7 Å². The van der Waals surface area contributed by atoms with Crippen molar-refractivity contribution in [3.05, 3.63) is 70.3 Å². The minimum atomic E-state index is -1.30. The Hall–Kier alpha value is -4.13. The number of carboxylic acids is 1. The van der Waals surface area contributed by atoms with Crippen LogP contribution in [0, 0.1) is 10.1 Å². The van der Waals surface area contributed by atoms with E-state index in [2.05, 4.69) is 10.6 Å². The molecule has 0 aliphatic heterocycles. The van der Waals surface area contributed by atoms with Crippen molar-refractivity contribution in [1.29, 1.82) is 0 Å². The summed E-state index contributed by atoms with van der Waals surface area (Å²) in [4.78, 5) is 57.1. The molecule has 0 saturated heterocycles. The average Bonchev–Trinajstić information content (AvgIpc) is 2.79. The second-order valence-corrected chi connectivity index (χ2v) is 7.24. The van der Waals surface area contributed by atoms with Crippen molar-refractivity contribution in [3.8, 4) is 5.75 Å². The Balaban J connectivity index is 1.92. The van der Waals surface area contributed by atoms with Crippen LogP contribution in [0.15, 0.2) is 54.6 Å². The van der Waals surface area contributed by atoms with Gasteiger partial charge in [0.2, 0.25) is 5.91 Å². The van der Waals surface area contributed by atoms with E-state index in [0.29, 0.717) is 17.3 Å². The predicted octanol–water partition coefficient (Wildman–Crippen LogP) is 2.32. The number of carbonyl (C=O) groups excluding carboxylic acids is 3. The largest absolute Gasteiger partial charge is 0.480 e. The fourth-order valence-electron chi connectivity index (χ4n) is 2.29. The van der Waals surface area contributed by atoms with E-state index in [0.717, 1.165) is 12.1 Å². The summed E-state index contributed by atoms with van der Waals surface area (Å²) in [6.07, 6.45) is -0.946. The maximum absolute atomic E-state index is 12.3. The van der Waals surface area contributed by atoms with Crippen molar-refractivity contribution in [2.75, 3.05) is 12.3 Å². The first kappa shape index (κ1) is 25.1. The van der Waals surface area contributed by atoms with Crippen molar-refractivity contribution >= 4 is 40.7 Å². The number of non-ortho nitro benzene ring substituents is 1. The standard InChI is InChI=1S/C20H19N3O9S/c24-17(25)10-21-18(26)16(22-19(27)31-11-13-4-2-1-3-5-13)12-33-20(28)32-15-8-6-14(7-9-15)23(29)30/h1-9,16H,10-12H2,(H,21,26)(H,22,27)(H,24,25)/t16-/m0/s1. The third-order valence-corrected chi connectivity index (χ3v) is 4.67. The Morgan fingerprint density at radius 2 is 1.73 bits per heavy atom. The van der Waals surface area contributed by atoms with Gasteiger partial charge in [0.05, 0.1) is 4.92 Å². The Labute approximate surface area is 191 Å². The molecule has 2 rings (SSSR count). The zero-order chi connectivity index (χ0) is 24.2. The number of carbonyl (C=O) groups is 4. The van der Waals surface area contributed by atoms with Gasteiger partial charge in [-0.2, -0.15) is 0 Å². The Morgan fingerprint density at radius 1 is 1.06 bits per heavy atom. The van der Waals surface area contributed by atoms with Crippen LogP contribution in [0.25, 0.3) is 0 Å². The molecule has 0 saturated carbocycles. The summed E-state index contributed by atoms with van der Waals surface area (Å²) in [6.45, 7) is -0.751. The number of hydrogen-bond donors (Lipinski definition) is 3. The van der Waals surface area contributed by atoms with Crippen molar-refractivity contribution in [1.82, 2.24) is 10.6 Å². The molecule has 0 heterocycles. The zero-order valence-electron chi connectivity index (χ0n) is 17.0. The van der Waals surface area contributed by atoms with Gasteiger partial charge in [0.15, 0.2) is 0 Å². The number of benzene rings is 2. The molecule has 2 aromatic carbocycles. The van der Waals surface area contributed by atoms with Crippen LogP contribution in [0.1, 0.15) is 5.56 Å². The predicted molar refractivity (Wildman–Crippen MR) is 116 cm³/mol. The number of thioether (sulfide) groups is 1. The zero-order valence-corrected chi connectivity index (χ0v) is 17.8. The van der Waals surface area contributed by atoms with Gasteiger partial charge < -0.3 is 25.2 Å². The summed E-state index contributed by atoms with van der Waals surface area (Å²) in [5, 5.41) is 22.9. The van der Waals surface area contributed by atoms with E-state index >= 15 is 0 Å². The molecule has 0 aliphatic rings. The molecule has 0 radical (unpaired) electrons. The monoisotopic (exact) mass is 477 g/mol. The molecule has 13 heteroatoms. The molecule has 0 spiro atoms. The van der Waals surface area contributed by atoms with Gasteiger partial charge in [-0.25, -0.2) is 9.59 Å². The quantitative estimate of drug-likeness (QED) is 0.262. The van der Waals surface area contributed by atoms with E-state index in [1.54, 1.807) is 30.3 Å². The van der Waals surface area contributed by atoms with Crippen molar-refractivity contribution in [2.24, 2.45) is 0 Å². The normalized spacial score (nSPS) is 11.0. The number of ether oxygens (including phenoxy) is 2. The Kier molecular flexibility index (Phi) is 9.64. The van der Waals surface area contributed by atoms with Crippen molar-refractivity contribution in [2.45, 2.75) is 12.6 Å². The molecule has 2 aromatic rings. The van der Waals surface area contributed by atoms with E-state index < -0.39 is 40.8 Å². The number of rotatable bonds is 10. The fraction of sp³-hybridized carbons (Fsp3) is 0.200. The molecule has 12 nitrogen and oxygen atoms in total. The highest BCUT2D eigenvalue weighted by molar-refractivity contribution is 8.13. The molecule has 0 aromatic heterocycles. The van der Waals surface area contributed by atoms with E-state index in [1.165, 1.54) is 12.1 Å². The first-order valence-corrected chi connectivity index (χ1v) is 10.3. The molecule has 2 amide bonds. The fourth-order valence-corrected chi connectivity index (χ4v) is 2.98. The second kappa shape index (κ2) is 12.7. The van der Waals surface area contributed by atoms with E-state index in [9.17, 15) is 29.3 Å². The second-order valence-electron chi connectivity index (χ2n) is 6.28. The molecule has 174 valence electrons. The molecule has 1 atom stereocenters. The number of aliphatic carboxylic acids is 1. The number of carboxylic acid groups (broad SMARTS) is 1. The first-order chi connectivity index (χ1) is 15.7. The van der Waals surface area contributed by atoms with E-state index in [1.807, 2.05) is 0 Å². The molecular formula is C20H19N3O9S. The Morgan fingerprint density at radius 3 is 2.33 bits per heavy atom. The average molecular weight is 477 g/mol.